The lowest BCUT2D eigenvalue weighted by atomic mass is 9.70. The van der Waals surface area contributed by atoms with Crippen LogP contribution in [0.4, 0.5) is 17.1 Å². The zero-order valence-electron chi connectivity index (χ0n) is 28.6. The van der Waals surface area contributed by atoms with Crippen LogP contribution < -0.4 is 4.90 Å². The van der Waals surface area contributed by atoms with Gasteiger partial charge in [-0.1, -0.05) is 98.8 Å². The molecule has 0 aliphatic heterocycles. The summed E-state index contributed by atoms with van der Waals surface area (Å²) in [6.45, 7) is 4.75. The van der Waals surface area contributed by atoms with Crippen molar-refractivity contribution in [3.63, 3.8) is 0 Å². The third kappa shape index (κ3) is 3.98. The number of hydrogen-bond donors (Lipinski definition) is 0. The van der Waals surface area contributed by atoms with Gasteiger partial charge < -0.3 is 4.90 Å². The van der Waals surface area contributed by atoms with Crippen LogP contribution in [-0.4, -0.2) is 9.97 Å². The van der Waals surface area contributed by atoms with Crippen molar-refractivity contribution in [1.82, 2.24) is 9.97 Å². The van der Waals surface area contributed by atoms with Gasteiger partial charge in [0, 0.05) is 33.6 Å². The summed E-state index contributed by atoms with van der Waals surface area (Å²) in [5, 5.41) is 2.21. The van der Waals surface area contributed by atoms with Crippen LogP contribution in [-0.2, 0) is 5.41 Å². The summed E-state index contributed by atoms with van der Waals surface area (Å²) in [5.41, 5.74) is 16.6. The van der Waals surface area contributed by atoms with Crippen molar-refractivity contribution in [3.05, 3.63) is 150 Å². The van der Waals surface area contributed by atoms with E-state index in [-0.39, 0.29) is 5.41 Å². The van der Waals surface area contributed by atoms with Gasteiger partial charge in [0.2, 0.25) is 0 Å². The van der Waals surface area contributed by atoms with Gasteiger partial charge in [0.1, 0.15) is 0 Å². The Morgan fingerprint density at radius 1 is 0.600 bits per heavy atom. The first-order chi connectivity index (χ1) is 24.5. The molecule has 242 valence electrons. The molecule has 3 bridgehead atoms. The van der Waals surface area contributed by atoms with E-state index in [4.69, 9.17) is 9.97 Å². The highest BCUT2D eigenvalue weighted by Gasteiger charge is 2.45. The van der Waals surface area contributed by atoms with E-state index in [2.05, 4.69) is 134 Å². The minimum atomic E-state index is -0.101. The molecular formula is C47H39N3. The van der Waals surface area contributed by atoms with Crippen LogP contribution in [0.2, 0.25) is 0 Å². The Kier molecular flexibility index (Phi) is 5.92. The number of pyridine rings is 2. The van der Waals surface area contributed by atoms with Crippen LogP contribution in [0, 0.1) is 11.8 Å². The number of nitrogens with zero attached hydrogens (tertiary/aromatic N) is 3. The molecule has 11 rings (SSSR count). The van der Waals surface area contributed by atoms with Gasteiger partial charge in [0.05, 0.1) is 28.6 Å². The van der Waals surface area contributed by atoms with Crippen molar-refractivity contribution in [2.45, 2.75) is 56.8 Å². The summed E-state index contributed by atoms with van der Waals surface area (Å²) in [6.07, 6.45) is 9.28. The topological polar surface area (TPSA) is 29.0 Å². The Hall–Kier alpha value is -5.28. The first-order valence-electron chi connectivity index (χ1n) is 18.4. The van der Waals surface area contributed by atoms with E-state index in [1.54, 1.807) is 5.56 Å². The zero-order chi connectivity index (χ0) is 33.1. The maximum Gasteiger partial charge on any atom is 0.0966 e. The van der Waals surface area contributed by atoms with Crippen LogP contribution in [0.5, 0.6) is 0 Å². The van der Waals surface area contributed by atoms with Crippen molar-refractivity contribution in [2.75, 3.05) is 4.90 Å². The van der Waals surface area contributed by atoms with Gasteiger partial charge in [-0.25, -0.2) is 0 Å². The molecule has 3 heteroatoms. The Labute approximate surface area is 293 Å². The highest BCUT2D eigenvalue weighted by Crippen LogP contribution is 2.61. The van der Waals surface area contributed by atoms with Crippen molar-refractivity contribution < 1.29 is 0 Å². The van der Waals surface area contributed by atoms with Gasteiger partial charge in [-0.15, -0.1) is 0 Å². The molecule has 7 aromatic rings. The minimum Gasteiger partial charge on any atom is -0.308 e. The van der Waals surface area contributed by atoms with Crippen LogP contribution in [0.25, 0.3) is 44.1 Å². The van der Waals surface area contributed by atoms with E-state index in [0.29, 0.717) is 11.8 Å². The van der Waals surface area contributed by atoms with E-state index in [9.17, 15) is 0 Å². The van der Waals surface area contributed by atoms with Crippen molar-refractivity contribution in [2.24, 2.45) is 11.8 Å². The van der Waals surface area contributed by atoms with Crippen LogP contribution in [0.1, 0.15) is 73.6 Å². The molecule has 2 heterocycles. The summed E-state index contributed by atoms with van der Waals surface area (Å²) >= 11 is 0. The molecule has 4 atom stereocenters. The molecule has 0 amide bonds. The number of rotatable bonds is 3. The van der Waals surface area contributed by atoms with E-state index < -0.39 is 0 Å². The smallest absolute Gasteiger partial charge is 0.0966 e. The number of hydrogen-bond acceptors (Lipinski definition) is 3. The molecule has 0 N–H and O–H groups in total. The van der Waals surface area contributed by atoms with Gasteiger partial charge in [0.15, 0.2) is 0 Å². The molecule has 4 aliphatic rings. The maximum atomic E-state index is 5.17. The number of fused-ring (bicyclic) bond motifs is 13. The second-order valence-corrected chi connectivity index (χ2v) is 15.8. The van der Waals surface area contributed by atoms with Gasteiger partial charge >= 0.3 is 0 Å². The van der Waals surface area contributed by atoms with E-state index in [1.807, 2.05) is 12.3 Å². The Morgan fingerprint density at radius 2 is 1.40 bits per heavy atom. The molecule has 2 fully saturated rings. The average Bonchev–Trinajstić information content (AvgIpc) is 3.59. The SMILES string of the molecule is CC1(C)c2ccccc2-c2ccc(N(c3cnc4c(ccc5cccnc54)c3)c3cccc4c3-c3ccccc3C3CC5CC4CC3C5)cc21. The van der Waals surface area contributed by atoms with Gasteiger partial charge in [-0.3, -0.25) is 9.97 Å². The second kappa shape index (κ2) is 10.4. The Bertz CT molecular complexity index is 2530. The fourth-order valence-corrected chi connectivity index (χ4v) is 10.7. The van der Waals surface area contributed by atoms with E-state index >= 15 is 0 Å². The summed E-state index contributed by atoms with van der Waals surface area (Å²) in [7, 11) is 0. The lowest BCUT2D eigenvalue weighted by molar-refractivity contribution is 0.312. The Balaban J connectivity index is 1.18. The fraction of sp³-hybridized carbons (Fsp3) is 0.234. The highest BCUT2D eigenvalue weighted by atomic mass is 15.2. The molecule has 2 aromatic heterocycles. The largest absolute Gasteiger partial charge is 0.308 e. The van der Waals surface area contributed by atoms with E-state index in [1.165, 1.54) is 76.0 Å². The van der Waals surface area contributed by atoms with Crippen molar-refractivity contribution >= 4 is 38.9 Å². The van der Waals surface area contributed by atoms with Gasteiger partial charge in [0.25, 0.3) is 0 Å². The predicted molar refractivity (Wildman–Crippen MR) is 206 cm³/mol. The standard InChI is InChI=1S/C47H39N3/c1-47(2)41-14-6-5-11-37(41)38-19-18-33(26-42(38)47)50(34-25-30-17-16-29-9-8-20-48-45(29)46(30)49-27-34)43-15-7-13-35-31-21-28-22-32(24-31)40(23-28)36-10-3-4-12-39(36)44(35)43/h3-20,25-28,31-32,40H,21-24H2,1-2H3. The number of anilines is 3. The Morgan fingerprint density at radius 3 is 2.34 bits per heavy atom. The van der Waals surface area contributed by atoms with Crippen molar-refractivity contribution in [1.29, 1.82) is 0 Å². The van der Waals surface area contributed by atoms with Gasteiger partial charge in [-0.2, -0.15) is 0 Å². The molecule has 4 aliphatic carbocycles. The molecule has 0 radical (unpaired) electrons. The van der Waals surface area contributed by atoms with Gasteiger partial charge in [-0.05, 0) is 119 Å². The molecule has 0 spiro atoms. The summed E-state index contributed by atoms with van der Waals surface area (Å²) in [5.74, 6) is 2.87. The number of aromatic nitrogens is 2. The second-order valence-electron chi connectivity index (χ2n) is 15.8. The third-order valence-electron chi connectivity index (χ3n) is 12.9. The fourth-order valence-electron chi connectivity index (χ4n) is 10.7. The predicted octanol–water partition coefficient (Wildman–Crippen LogP) is 12.2. The minimum absolute atomic E-state index is 0.101. The van der Waals surface area contributed by atoms with Crippen LogP contribution >= 0.6 is 0 Å². The molecule has 5 aromatic carbocycles. The third-order valence-corrected chi connectivity index (χ3v) is 12.9. The van der Waals surface area contributed by atoms with Crippen LogP contribution in [0.3, 0.4) is 0 Å². The molecule has 2 saturated carbocycles. The quantitative estimate of drug-likeness (QED) is 0.179. The number of benzene rings is 5. The van der Waals surface area contributed by atoms with E-state index in [0.717, 1.165) is 39.3 Å². The average molecular weight is 646 g/mol. The summed E-state index contributed by atoms with van der Waals surface area (Å²) in [4.78, 5) is 12.4. The normalized spacial score (nSPS) is 22.0. The van der Waals surface area contributed by atoms with Crippen LogP contribution in [0.15, 0.2) is 128 Å². The summed E-state index contributed by atoms with van der Waals surface area (Å²) in [6, 6.07) is 43.4. The van der Waals surface area contributed by atoms with Crippen molar-refractivity contribution in [3.8, 4) is 22.3 Å². The lowest BCUT2D eigenvalue weighted by Gasteiger charge is -2.36. The molecule has 3 nitrogen and oxygen atoms in total. The molecule has 50 heavy (non-hydrogen) atoms. The highest BCUT2D eigenvalue weighted by molar-refractivity contribution is 6.04. The lowest BCUT2D eigenvalue weighted by Crippen LogP contribution is -2.21. The molecule has 0 saturated heterocycles. The molecular weight excluding hydrogens is 607 g/mol. The molecule has 4 unspecified atom stereocenters. The first kappa shape index (κ1) is 28.5. The monoisotopic (exact) mass is 645 g/mol. The zero-order valence-corrected chi connectivity index (χ0v) is 28.6. The first-order valence-corrected chi connectivity index (χ1v) is 18.4. The maximum absolute atomic E-state index is 5.17. The summed E-state index contributed by atoms with van der Waals surface area (Å²) < 4.78 is 0.